The maximum atomic E-state index is 13.1. The standard InChI is InChI=1S/C80H156O17P2/c1-70(2)56-48-40-32-25-19-13-9-11-15-22-28-36-44-52-60-77(82)90-66-75(96-79(84)62-54-46-37-29-23-16-12-10-14-20-26-33-41-49-57-71(3)4)68-94-98(86,87)92-64-74(81)65-93-99(88,89)95-69-76(67-91-78(83)61-53-45-39-31-35-43-51-59-73(7)8)97-80(85)63-55-47-38-30-24-18-17-21-27-34-42-50-58-72(5)6/h70-76,81H,9-69H2,1-8H3,(H,86,87)(H,88,89)/t74?,75-,76-/m1/s1. The number of rotatable bonds is 77. The summed E-state index contributed by atoms with van der Waals surface area (Å²) < 4.78 is 68.7. The van der Waals surface area contributed by atoms with Crippen molar-refractivity contribution >= 4 is 39.5 Å². The highest BCUT2D eigenvalue weighted by Gasteiger charge is 2.30. The maximum absolute atomic E-state index is 13.1. The molecule has 0 aromatic carbocycles. The van der Waals surface area contributed by atoms with E-state index >= 15 is 0 Å². The molecule has 3 N–H and O–H groups in total. The molecule has 0 bridgehead atoms. The summed E-state index contributed by atoms with van der Waals surface area (Å²) in [4.78, 5) is 73.0. The summed E-state index contributed by atoms with van der Waals surface area (Å²) in [6.07, 6.45) is 55.5. The average Bonchev–Trinajstić information content (AvgIpc) is 0.955. The molecule has 19 heteroatoms. The Hall–Kier alpha value is -1.94. The predicted molar refractivity (Wildman–Crippen MR) is 404 cm³/mol. The van der Waals surface area contributed by atoms with Gasteiger partial charge in [-0.25, -0.2) is 9.13 Å². The van der Waals surface area contributed by atoms with Gasteiger partial charge < -0.3 is 33.8 Å². The molecule has 0 saturated heterocycles. The minimum atomic E-state index is -4.96. The van der Waals surface area contributed by atoms with Crippen molar-refractivity contribution in [2.75, 3.05) is 39.6 Å². The Bertz CT molecular complexity index is 1940. The third kappa shape index (κ3) is 74.1. The molecule has 0 rings (SSSR count). The van der Waals surface area contributed by atoms with Gasteiger partial charge in [-0.2, -0.15) is 0 Å². The van der Waals surface area contributed by atoms with Crippen LogP contribution in [-0.4, -0.2) is 96.7 Å². The lowest BCUT2D eigenvalue weighted by molar-refractivity contribution is -0.161. The molecule has 0 saturated carbocycles. The predicted octanol–water partition coefficient (Wildman–Crippen LogP) is 23.6. The van der Waals surface area contributed by atoms with Crippen LogP contribution in [0.5, 0.6) is 0 Å². The van der Waals surface area contributed by atoms with Crippen LogP contribution in [0.15, 0.2) is 0 Å². The van der Waals surface area contributed by atoms with E-state index in [9.17, 15) is 43.2 Å². The fraction of sp³-hybridized carbons (Fsp3) is 0.950. The van der Waals surface area contributed by atoms with Crippen LogP contribution in [0.3, 0.4) is 0 Å². The molecule has 0 radical (unpaired) electrons. The van der Waals surface area contributed by atoms with Gasteiger partial charge in [0.15, 0.2) is 12.2 Å². The summed E-state index contributed by atoms with van der Waals surface area (Å²) in [7, 11) is -9.92. The summed E-state index contributed by atoms with van der Waals surface area (Å²) in [6.45, 7) is 14.2. The fourth-order valence-corrected chi connectivity index (χ4v) is 13.8. The van der Waals surface area contributed by atoms with Gasteiger partial charge in [-0.1, -0.05) is 357 Å². The van der Waals surface area contributed by atoms with E-state index in [1.807, 2.05) is 0 Å². The van der Waals surface area contributed by atoms with Gasteiger partial charge in [-0.3, -0.25) is 37.3 Å². The Labute approximate surface area is 607 Å². The van der Waals surface area contributed by atoms with Crippen LogP contribution in [-0.2, 0) is 65.4 Å². The van der Waals surface area contributed by atoms with E-state index in [0.717, 1.165) is 114 Å². The molecule has 3 unspecified atom stereocenters. The van der Waals surface area contributed by atoms with Gasteiger partial charge >= 0.3 is 39.5 Å². The first-order valence-corrected chi connectivity index (χ1v) is 44.2. The van der Waals surface area contributed by atoms with Crippen LogP contribution in [0.4, 0.5) is 0 Å². The molecule has 99 heavy (non-hydrogen) atoms. The normalized spacial score (nSPS) is 14.1. The number of hydrogen-bond donors (Lipinski definition) is 3. The number of unbranched alkanes of at least 4 members (excludes halogenated alkanes) is 43. The van der Waals surface area contributed by atoms with E-state index in [4.69, 9.17) is 37.0 Å². The third-order valence-electron chi connectivity index (χ3n) is 18.6. The highest BCUT2D eigenvalue weighted by molar-refractivity contribution is 7.47. The van der Waals surface area contributed by atoms with Gasteiger partial charge in [0.25, 0.3) is 0 Å². The van der Waals surface area contributed by atoms with Gasteiger partial charge in [0, 0.05) is 25.7 Å². The Balaban J connectivity index is 5.25. The van der Waals surface area contributed by atoms with Crippen molar-refractivity contribution in [1.82, 2.24) is 0 Å². The van der Waals surface area contributed by atoms with Gasteiger partial charge in [-0.05, 0) is 49.4 Å². The zero-order valence-electron chi connectivity index (χ0n) is 65.1. The number of carbonyl (C=O) groups is 4. The Morgan fingerprint density at radius 3 is 0.626 bits per heavy atom. The second kappa shape index (κ2) is 69.1. The smallest absolute Gasteiger partial charge is 0.462 e. The molecule has 0 aliphatic rings. The summed E-state index contributed by atoms with van der Waals surface area (Å²) in [5, 5.41) is 10.6. The monoisotopic (exact) mass is 1450 g/mol. The number of carbonyl (C=O) groups excluding carboxylic acids is 4. The molecule has 0 amide bonds. The van der Waals surface area contributed by atoms with Crippen LogP contribution in [0.2, 0.25) is 0 Å². The number of aliphatic hydroxyl groups excluding tert-OH is 1. The molecular weight excluding hydrogens is 1290 g/mol. The van der Waals surface area contributed by atoms with Gasteiger partial charge in [0.05, 0.1) is 26.4 Å². The van der Waals surface area contributed by atoms with Gasteiger partial charge in [0.2, 0.25) is 0 Å². The number of ether oxygens (including phenoxy) is 4. The average molecular weight is 1450 g/mol. The highest BCUT2D eigenvalue weighted by Crippen LogP contribution is 2.45. The second-order valence-corrected chi connectivity index (χ2v) is 33.6. The zero-order chi connectivity index (χ0) is 73.1. The summed E-state index contributed by atoms with van der Waals surface area (Å²) in [5.74, 6) is 0.961. The zero-order valence-corrected chi connectivity index (χ0v) is 66.9. The lowest BCUT2D eigenvalue weighted by Crippen LogP contribution is -2.30. The van der Waals surface area contributed by atoms with E-state index < -0.39 is 97.5 Å². The molecule has 0 aromatic heterocycles. The molecule has 17 nitrogen and oxygen atoms in total. The molecule has 0 aliphatic heterocycles. The minimum absolute atomic E-state index is 0.106. The number of esters is 4. The first-order chi connectivity index (χ1) is 47.6. The molecule has 0 aromatic rings. The SMILES string of the molecule is CC(C)CCCCCCCCCCCCCCCCC(=O)OC[C@H](COP(=O)(O)OCC(O)COP(=O)(O)OC[C@@H](COC(=O)CCCCCCCCCC(C)C)OC(=O)CCCCCCCCCCCCCCC(C)C)OC(=O)CCCCCCCCCCCCCCCCC(C)C. The summed E-state index contributed by atoms with van der Waals surface area (Å²) >= 11 is 0. The lowest BCUT2D eigenvalue weighted by atomic mass is 10.0. The van der Waals surface area contributed by atoms with E-state index in [-0.39, 0.29) is 25.7 Å². The van der Waals surface area contributed by atoms with E-state index in [1.54, 1.807) is 0 Å². The van der Waals surface area contributed by atoms with E-state index in [2.05, 4.69) is 55.4 Å². The van der Waals surface area contributed by atoms with Gasteiger partial charge in [0.1, 0.15) is 19.3 Å². The van der Waals surface area contributed by atoms with Crippen LogP contribution < -0.4 is 0 Å². The largest absolute Gasteiger partial charge is 0.472 e. The molecule has 0 heterocycles. The van der Waals surface area contributed by atoms with Crippen molar-refractivity contribution in [3.05, 3.63) is 0 Å². The lowest BCUT2D eigenvalue weighted by Gasteiger charge is -2.21. The minimum Gasteiger partial charge on any atom is -0.462 e. The molecule has 0 fully saturated rings. The van der Waals surface area contributed by atoms with Crippen LogP contribution in [0.25, 0.3) is 0 Å². The quantitative estimate of drug-likeness (QED) is 0.0222. The van der Waals surface area contributed by atoms with Crippen LogP contribution >= 0.6 is 15.6 Å². The van der Waals surface area contributed by atoms with Crippen molar-refractivity contribution < 1.29 is 80.2 Å². The van der Waals surface area contributed by atoms with Crippen LogP contribution in [0.1, 0.15) is 409 Å². The molecule has 0 aliphatic carbocycles. The fourth-order valence-electron chi connectivity index (χ4n) is 12.3. The second-order valence-electron chi connectivity index (χ2n) is 30.7. The van der Waals surface area contributed by atoms with Crippen molar-refractivity contribution in [3.63, 3.8) is 0 Å². The molecule has 0 spiro atoms. The Morgan fingerprint density at radius 1 is 0.253 bits per heavy atom. The molecule has 588 valence electrons. The third-order valence-corrected chi connectivity index (χ3v) is 20.5. The molecular formula is C80H156O17P2. The molecule has 5 atom stereocenters. The highest BCUT2D eigenvalue weighted by atomic mass is 31.2. The van der Waals surface area contributed by atoms with E-state index in [1.165, 1.54) is 205 Å². The van der Waals surface area contributed by atoms with Crippen molar-refractivity contribution in [3.8, 4) is 0 Å². The van der Waals surface area contributed by atoms with Crippen molar-refractivity contribution in [1.29, 1.82) is 0 Å². The first-order valence-electron chi connectivity index (χ1n) is 41.2. The number of phosphoric ester groups is 2. The van der Waals surface area contributed by atoms with E-state index in [0.29, 0.717) is 31.6 Å². The number of phosphoric acid groups is 2. The van der Waals surface area contributed by atoms with Gasteiger partial charge in [-0.15, -0.1) is 0 Å². The first kappa shape index (κ1) is 97.1. The Kier molecular flexibility index (Phi) is 67.8. The van der Waals surface area contributed by atoms with Crippen molar-refractivity contribution in [2.24, 2.45) is 23.7 Å². The van der Waals surface area contributed by atoms with Crippen molar-refractivity contribution in [2.45, 2.75) is 427 Å². The topological polar surface area (TPSA) is 237 Å². The number of aliphatic hydroxyl groups is 1. The summed E-state index contributed by atoms with van der Waals surface area (Å²) in [6, 6.07) is 0. The van der Waals surface area contributed by atoms with Crippen LogP contribution in [0, 0.1) is 23.7 Å². The summed E-state index contributed by atoms with van der Waals surface area (Å²) in [5.41, 5.74) is 0. The number of hydrogen-bond acceptors (Lipinski definition) is 15. The maximum Gasteiger partial charge on any atom is 0.472 e. The Morgan fingerprint density at radius 2 is 0.424 bits per heavy atom.